The third-order valence-corrected chi connectivity index (χ3v) is 4.14. The fourth-order valence-corrected chi connectivity index (χ4v) is 2.66. The fourth-order valence-electron chi connectivity index (χ4n) is 2.53. The molecule has 6 nitrogen and oxygen atoms in total. The second kappa shape index (κ2) is 9.30. The molecule has 1 aliphatic rings. The Labute approximate surface area is 147 Å². The van der Waals surface area contributed by atoms with Gasteiger partial charge in [0.15, 0.2) is 0 Å². The van der Waals surface area contributed by atoms with Gasteiger partial charge in [-0.05, 0) is 24.3 Å². The quantitative estimate of drug-likeness (QED) is 0.590. The van der Waals surface area contributed by atoms with Crippen molar-refractivity contribution in [3.8, 4) is 0 Å². The first-order valence-electron chi connectivity index (χ1n) is 8.00. The summed E-state index contributed by atoms with van der Waals surface area (Å²) >= 11 is 5.91. The summed E-state index contributed by atoms with van der Waals surface area (Å²) in [7, 11) is 0. The maximum Gasteiger partial charge on any atom is 0.309 e. The Kier molecular flexibility index (Phi) is 7.08. The van der Waals surface area contributed by atoms with E-state index >= 15 is 0 Å². The van der Waals surface area contributed by atoms with E-state index in [1.54, 1.807) is 0 Å². The smallest absolute Gasteiger partial charge is 0.309 e. The number of rotatable bonds is 6. The molecule has 2 N–H and O–H groups in total. The molecular formula is C17H23ClN4O2. The SMILES string of the molecule is C=CCNC(=O)C(=O)NCCN1CCN(c2ccc(Cl)cc2)CC1. The highest BCUT2D eigenvalue weighted by atomic mass is 35.5. The van der Waals surface area contributed by atoms with Crippen molar-refractivity contribution >= 4 is 29.1 Å². The Hall–Kier alpha value is -2.05. The zero-order chi connectivity index (χ0) is 17.4. The van der Waals surface area contributed by atoms with Crippen LogP contribution in [0.3, 0.4) is 0 Å². The van der Waals surface area contributed by atoms with Gasteiger partial charge in [0.2, 0.25) is 0 Å². The molecule has 0 bridgehead atoms. The number of piperazine rings is 1. The van der Waals surface area contributed by atoms with E-state index in [1.807, 2.05) is 24.3 Å². The molecule has 1 heterocycles. The van der Waals surface area contributed by atoms with Crippen molar-refractivity contribution < 1.29 is 9.59 Å². The number of halogens is 1. The average molecular weight is 351 g/mol. The van der Waals surface area contributed by atoms with Crippen LogP contribution < -0.4 is 15.5 Å². The summed E-state index contributed by atoms with van der Waals surface area (Å²) in [5.74, 6) is -1.22. The van der Waals surface area contributed by atoms with Crippen molar-refractivity contribution in [2.75, 3.05) is 50.7 Å². The number of benzene rings is 1. The molecule has 0 radical (unpaired) electrons. The molecule has 1 saturated heterocycles. The Morgan fingerprint density at radius 2 is 1.71 bits per heavy atom. The molecule has 1 fully saturated rings. The molecule has 1 aromatic carbocycles. The lowest BCUT2D eigenvalue weighted by atomic mass is 10.2. The van der Waals surface area contributed by atoms with Gasteiger partial charge < -0.3 is 15.5 Å². The van der Waals surface area contributed by atoms with Crippen molar-refractivity contribution in [2.45, 2.75) is 0 Å². The Morgan fingerprint density at radius 1 is 1.08 bits per heavy atom. The third-order valence-electron chi connectivity index (χ3n) is 3.89. The first kappa shape index (κ1) is 18.3. The molecule has 0 atom stereocenters. The molecule has 0 aliphatic carbocycles. The first-order chi connectivity index (χ1) is 11.6. The summed E-state index contributed by atoms with van der Waals surface area (Å²) in [6, 6.07) is 7.85. The number of carbonyl (C=O) groups is 2. The van der Waals surface area contributed by atoms with Crippen LogP contribution in [0.5, 0.6) is 0 Å². The lowest BCUT2D eigenvalue weighted by molar-refractivity contribution is -0.139. The van der Waals surface area contributed by atoms with Crippen molar-refractivity contribution in [1.82, 2.24) is 15.5 Å². The molecule has 1 aliphatic heterocycles. The van der Waals surface area contributed by atoms with E-state index in [1.165, 1.54) is 11.8 Å². The molecule has 0 spiro atoms. The zero-order valence-corrected chi connectivity index (χ0v) is 14.4. The van der Waals surface area contributed by atoms with Crippen LogP contribution in [0.2, 0.25) is 5.02 Å². The van der Waals surface area contributed by atoms with Crippen molar-refractivity contribution in [3.05, 3.63) is 41.9 Å². The number of carbonyl (C=O) groups excluding carboxylic acids is 2. The van der Waals surface area contributed by atoms with Gasteiger partial charge in [0.05, 0.1) is 0 Å². The zero-order valence-electron chi connectivity index (χ0n) is 13.6. The van der Waals surface area contributed by atoms with E-state index in [0.717, 1.165) is 37.7 Å². The lowest BCUT2D eigenvalue weighted by Crippen LogP contribution is -2.49. The Morgan fingerprint density at radius 3 is 2.33 bits per heavy atom. The number of amides is 2. The molecule has 0 aromatic heterocycles. The van der Waals surface area contributed by atoms with Crippen LogP contribution in [0, 0.1) is 0 Å². The van der Waals surface area contributed by atoms with Crippen LogP contribution in [0.4, 0.5) is 5.69 Å². The summed E-state index contributed by atoms with van der Waals surface area (Å²) in [4.78, 5) is 27.6. The minimum Gasteiger partial charge on any atom is -0.369 e. The van der Waals surface area contributed by atoms with E-state index in [2.05, 4.69) is 27.0 Å². The molecule has 1 aromatic rings. The first-order valence-corrected chi connectivity index (χ1v) is 8.37. The van der Waals surface area contributed by atoms with Gasteiger partial charge in [-0.25, -0.2) is 0 Å². The van der Waals surface area contributed by atoms with Crippen molar-refractivity contribution in [3.63, 3.8) is 0 Å². The fraction of sp³-hybridized carbons (Fsp3) is 0.412. The predicted octanol–water partition coefficient (Wildman–Crippen LogP) is 0.880. The predicted molar refractivity (Wildman–Crippen MR) is 96.3 cm³/mol. The second-order valence-electron chi connectivity index (χ2n) is 5.56. The molecular weight excluding hydrogens is 328 g/mol. The number of nitrogens with one attached hydrogen (secondary N) is 2. The van der Waals surface area contributed by atoms with Crippen molar-refractivity contribution in [1.29, 1.82) is 0 Å². The van der Waals surface area contributed by atoms with Gasteiger partial charge >= 0.3 is 11.8 Å². The summed E-state index contributed by atoms with van der Waals surface area (Å²) in [6.07, 6.45) is 1.53. The topological polar surface area (TPSA) is 64.7 Å². The van der Waals surface area contributed by atoms with E-state index in [9.17, 15) is 9.59 Å². The van der Waals surface area contributed by atoms with E-state index < -0.39 is 11.8 Å². The molecule has 2 amide bonds. The van der Waals surface area contributed by atoms with Crippen LogP contribution >= 0.6 is 11.6 Å². The highest BCUT2D eigenvalue weighted by molar-refractivity contribution is 6.35. The molecule has 24 heavy (non-hydrogen) atoms. The Bertz CT molecular complexity index is 568. The largest absolute Gasteiger partial charge is 0.369 e. The lowest BCUT2D eigenvalue weighted by Gasteiger charge is -2.36. The van der Waals surface area contributed by atoms with E-state index in [0.29, 0.717) is 13.1 Å². The monoisotopic (exact) mass is 350 g/mol. The molecule has 2 rings (SSSR count). The average Bonchev–Trinajstić information content (AvgIpc) is 2.61. The molecule has 0 saturated carbocycles. The van der Waals surface area contributed by atoms with E-state index in [4.69, 9.17) is 11.6 Å². The summed E-state index contributed by atoms with van der Waals surface area (Å²) in [5.41, 5.74) is 1.17. The molecule has 130 valence electrons. The van der Waals surface area contributed by atoms with Gasteiger partial charge in [0, 0.05) is 56.5 Å². The van der Waals surface area contributed by atoms with Crippen LogP contribution in [-0.4, -0.2) is 62.5 Å². The highest BCUT2D eigenvalue weighted by Gasteiger charge is 2.18. The maximum atomic E-state index is 11.6. The number of hydrogen-bond acceptors (Lipinski definition) is 4. The van der Waals surface area contributed by atoms with Gasteiger partial charge in [-0.3, -0.25) is 14.5 Å². The van der Waals surface area contributed by atoms with Gasteiger partial charge in [-0.2, -0.15) is 0 Å². The number of hydrogen-bond donors (Lipinski definition) is 2. The van der Waals surface area contributed by atoms with Gasteiger partial charge in [0.25, 0.3) is 0 Å². The molecule has 0 unspecified atom stereocenters. The second-order valence-corrected chi connectivity index (χ2v) is 6.00. The van der Waals surface area contributed by atoms with Gasteiger partial charge in [-0.15, -0.1) is 6.58 Å². The van der Waals surface area contributed by atoms with Crippen molar-refractivity contribution in [2.24, 2.45) is 0 Å². The van der Waals surface area contributed by atoms with Crippen LogP contribution in [0.1, 0.15) is 0 Å². The van der Waals surface area contributed by atoms with Crippen LogP contribution in [0.25, 0.3) is 0 Å². The standard InChI is InChI=1S/C17H23ClN4O2/c1-2-7-19-16(23)17(24)20-8-9-21-10-12-22(13-11-21)15-5-3-14(18)4-6-15/h2-6H,1,7-13H2,(H,19,23)(H,20,24). The van der Waals surface area contributed by atoms with Gasteiger partial charge in [0.1, 0.15) is 0 Å². The maximum absolute atomic E-state index is 11.6. The molecule has 7 heteroatoms. The normalized spacial score (nSPS) is 15.0. The number of anilines is 1. The summed E-state index contributed by atoms with van der Waals surface area (Å²) in [5, 5.41) is 5.82. The minimum atomic E-state index is -0.623. The summed E-state index contributed by atoms with van der Waals surface area (Å²) in [6.45, 7) is 8.65. The van der Waals surface area contributed by atoms with Crippen LogP contribution in [0.15, 0.2) is 36.9 Å². The number of nitrogens with zero attached hydrogens (tertiary/aromatic N) is 2. The van der Waals surface area contributed by atoms with Gasteiger partial charge in [-0.1, -0.05) is 17.7 Å². The Balaban J connectivity index is 1.66. The van der Waals surface area contributed by atoms with Crippen LogP contribution in [-0.2, 0) is 9.59 Å². The summed E-state index contributed by atoms with van der Waals surface area (Å²) < 4.78 is 0. The van der Waals surface area contributed by atoms with E-state index in [-0.39, 0.29) is 0 Å². The minimum absolute atomic E-state index is 0.291. The highest BCUT2D eigenvalue weighted by Crippen LogP contribution is 2.19. The third kappa shape index (κ3) is 5.54.